The summed E-state index contributed by atoms with van der Waals surface area (Å²) < 4.78 is 5.51. The van der Waals surface area contributed by atoms with Gasteiger partial charge < -0.3 is 4.74 Å². The van der Waals surface area contributed by atoms with Gasteiger partial charge in [0, 0.05) is 17.8 Å². The third-order valence-electron chi connectivity index (χ3n) is 4.38. The molecule has 3 aromatic rings. The highest BCUT2D eigenvalue weighted by atomic mass is 32.1. The fourth-order valence-corrected chi connectivity index (χ4v) is 3.48. The molecule has 0 saturated carbocycles. The Balaban J connectivity index is 1.72. The van der Waals surface area contributed by atoms with Gasteiger partial charge in [0.05, 0.1) is 0 Å². The van der Waals surface area contributed by atoms with E-state index in [1.54, 1.807) is 23.8 Å². The first kappa shape index (κ1) is 19.2. The van der Waals surface area contributed by atoms with Crippen molar-refractivity contribution in [3.63, 3.8) is 0 Å². The molecule has 1 aromatic carbocycles. The summed E-state index contributed by atoms with van der Waals surface area (Å²) in [5.74, 6) is 0.0677. The zero-order valence-corrected chi connectivity index (χ0v) is 17.1. The van der Waals surface area contributed by atoms with Crippen molar-refractivity contribution in [3.05, 3.63) is 63.9 Å². The largest absolute Gasteiger partial charge is 0.456 e. The number of aromatic nitrogens is 3. The third kappa shape index (κ3) is 4.39. The lowest BCUT2D eigenvalue weighted by atomic mass is 9.84. The van der Waals surface area contributed by atoms with Crippen LogP contribution in [0.15, 0.2) is 36.0 Å². The van der Waals surface area contributed by atoms with E-state index in [-0.39, 0.29) is 17.7 Å². The van der Waals surface area contributed by atoms with Crippen molar-refractivity contribution >= 4 is 17.3 Å². The number of thiazole rings is 1. The van der Waals surface area contributed by atoms with Crippen LogP contribution in [0.5, 0.6) is 0 Å². The van der Waals surface area contributed by atoms with E-state index in [0.717, 1.165) is 16.7 Å². The van der Waals surface area contributed by atoms with Gasteiger partial charge in [-0.1, -0.05) is 32.9 Å². The summed E-state index contributed by atoms with van der Waals surface area (Å²) in [6.07, 6.45) is 3.29. The van der Waals surface area contributed by atoms with Gasteiger partial charge in [-0.15, -0.1) is 11.3 Å². The molecule has 0 radical (unpaired) electrons. The number of aryl methyl sites for hydroxylation is 2. The summed E-state index contributed by atoms with van der Waals surface area (Å²) >= 11 is 1.33. The van der Waals surface area contributed by atoms with Gasteiger partial charge in [0.1, 0.15) is 6.61 Å². The number of hydrogen-bond donors (Lipinski definition) is 0. The standard InChI is InChI=1S/C21H23N3O2S/c1-13-9-15(21(3,4)5)10-14(2)16(13)11-26-20(25)17-12-27-19(24-17)18-22-7-6-8-23-18/h6-10,12H,11H2,1-5H3. The second-order valence-corrected chi connectivity index (χ2v) is 8.38. The van der Waals surface area contributed by atoms with Crippen LogP contribution >= 0.6 is 11.3 Å². The number of carbonyl (C=O) groups excluding carboxylic acids is 1. The molecule has 0 amide bonds. The molecule has 0 fully saturated rings. The van der Waals surface area contributed by atoms with E-state index in [9.17, 15) is 4.79 Å². The lowest BCUT2D eigenvalue weighted by Gasteiger charge is -2.22. The predicted molar refractivity (Wildman–Crippen MR) is 107 cm³/mol. The van der Waals surface area contributed by atoms with E-state index in [2.05, 4.69) is 61.7 Å². The Morgan fingerprint density at radius 3 is 2.33 bits per heavy atom. The zero-order chi connectivity index (χ0) is 19.6. The maximum absolute atomic E-state index is 12.4. The monoisotopic (exact) mass is 381 g/mol. The lowest BCUT2D eigenvalue weighted by Crippen LogP contribution is -2.13. The number of carbonyl (C=O) groups is 1. The van der Waals surface area contributed by atoms with Crippen molar-refractivity contribution in [2.24, 2.45) is 0 Å². The summed E-state index contributed by atoms with van der Waals surface area (Å²) in [6, 6.07) is 6.08. The molecule has 0 aliphatic carbocycles. The maximum atomic E-state index is 12.4. The first-order valence-corrected chi connectivity index (χ1v) is 9.64. The highest BCUT2D eigenvalue weighted by Crippen LogP contribution is 2.27. The molecule has 0 atom stereocenters. The van der Waals surface area contributed by atoms with E-state index in [4.69, 9.17) is 4.74 Å². The van der Waals surface area contributed by atoms with Crippen LogP contribution in [-0.4, -0.2) is 20.9 Å². The van der Waals surface area contributed by atoms with Crippen molar-refractivity contribution in [3.8, 4) is 10.8 Å². The van der Waals surface area contributed by atoms with Crippen molar-refractivity contribution in [2.75, 3.05) is 0 Å². The van der Waals surface area contributed by atoms with Crippen molar-refractivity contribution in [1.29, 1.82) is 0 Å². The number of ether oxygens (including phenoxy) is 1. The first-order chi connectivity index (χ1) is 12.8. The number of rotatable bonds is 4. The van der Waals surface area contributed by atoms with E-state index in [0.29, 0.717) is 10.8 Å². The van der Waals surface area contributed by atoms with Gasteiger partial charge in [-0.3, -0.25) is 0 Å². The fourth-order valence-electron chi connectivity index (χ4n) is 2.75. The molecule has 0 N–H and O–H groups in total. The molecule has 6 heteroatoms. The highest BCUT2D eigenvalue weighted by molar-refractivity contribution is 7.13. The molecule has 5 nitrogen and oxygen atoms in total. The Kier molecular flexibility index (Phi) is 5.37. The minimum atomic E-state index is -0.438. The average Bonchev–Trinajstić information content (AvgIpc) is 3.11. The van der Waals surface area contributed by atoms with E-state index in [1.807, 2.05) is 0 Å². The van der Waals surface area contributed by atoms with Crippen molar-refractivity contribution < 1.29 is 9.53 Å². The normalized spacial score (nSPS) is 11.4. The topological polar surface area (TPSA) is 65.0 Å². The van der Waals surface area contributed by atoms with Gasteiger partial charge in [0.2, 0.25) is 0 Å². The molecule has 0 spiro atoms. The first-order valence-electron chi connectivity index (χ1n) is 8.76. The van der Waals surface area contributed by atoms with Crippen LogP contribution in [0.3, 0.4) is 0 Å². The van der Waals surface area contributed by atoms with Gasteiger partial charge >= 0.3 is 5.97 Å². The molecule has 0 saturated heterocycles. The number of benzene rings is 1. The summed E-state index contributed by atoms with van der Waals surface area (Å²) in [4.78, 5) is 25.0. The Morgan fingerprint density at radius 1 is 1.11 bits per heavy atom. The van der Waals surface area contributed by atoms with Gasteiger partial charge in [-0.2, -0.15) is 0 Å². The SMILES string of the molecule is Cc1cc(C(C)(C)C)cc(C)c1COC(=O)c1csc(-c2ncccn2)n1. The second-order valence-electron chi connectivity index (χ2n) is 7.53. The van der Waals surface area contributed by atoms with Gasteiger partial charge in [-0.05, 0) is 47.6 Å². The molecular weight excluding hydrogens is 358 g/mol. The van der Waals surface area contributed by atoms with Crippen LogP contribution in [0.4, 0.5) is 0 Å². The number of hydrogen-bond acceptors (Lipinski definition) is 6. The minimum absolute atomic E-state index is 0.0846. The molecule has 27 heavy (non-hydrogen) atoms. The fraction of sp³-hybridized carbons (Fsp3) is 0.333. The van der Waals surface area contributed by atoms with Crippen LogP contribution in [0.2, 0.25) is 0 Å². The van der Waals surface area contributed by atoms with E-state index < -0.39 is 5.97 Å². The quantitative estimate of drug-likeness (QED) is 0.603. The molecule has 0 bridgehead atoms. The molecule has 2 aromatic heterocycles. The van der Waals surface area contributed by atoms with Crippen LogP contribution in [0.1, 0.15) is 53.5 Å². The minimum Gasteiger partial charge on any atom is -0.456 e. The number of nitrogens with zero attached hydrogens (tertiary/aromatic N) is 3. The Hall–Kier alpha value is -2.60. The zero-order valence-electron chi connectivity index (χ0n) is 16.2. The molecular formula is C21H23N3O2S. The van der Waals surface area contributed by atoms with Gasteiger partial charge in [-0.25, -0.2) is 19.7 Å². The van der Waals surface area contributed by atoms with Crippen molar-refractivity contribution in [1.82, 2.24) is 15.0 Å². The summed E-state index contributed by atoms with van der Waals surface area (Å²) in [6.45, 7) is 10.9. The maximum Gasteiger partial charge on any atom is 0.358 e. The number of esters is 1. The van der Waals surface area contributed by atoms with Crippen LogP contribution in [-0.2, 0) is 16.8 Å². The third-order valence-corrected chi connectivity index (χ3v) is 5.22. The van der Waals surface area contributed by atoms with Gasteiger partial charge in [0.25, 0.3) is 0 Å². The molecule has 0 aliphatic rings. The summed E-state index contributed by atoms with van der Waals surface area (Å²) in [7, 11) is 0. The van der Waals surface area contributed by atoms with Gasteiger partial charge in [0.15, 0.2) is 16.5 Å². The average molecular weight is 382 g/mol. The van der Waals surface area contributed by atoms with Crippen LogP contribution in [0, 0.1) is 13.8 Å². The molecule has 3 rings (SSSR count). The Morgan fingerprint density at radius 2 is 1.74 bits per heavy atom. The van der Waals surface area contributed by atoms with E-state index in [1.165, 1.54) is 16.9 Å². The van der Waals surface area contributed by atoms with Crippen LogP contribution in [0.25, 0.3) is 10.8 Å². The van der Waals surface area contributed by atoms with Crippen molar-refractivity contribution in [2.45, 2.75) is 46.6 Å². The Bertz CT molecular complexity index is 936. The van der Waals surface area contributed by atoms with Crippen LogP contribution < -0.4 is 0 Å². The molecule has 2 heterocycles. The molecule has 140 valence electrons. The smallest absolute Gasteiger partial charge is 0.358 e. The Labute approximate surface area is 163 Å². The summed E-state index contributed by atoms with van der Waals surface area (Å²) in [5, 5.41) is 2.28. The predicted octanol–water partition coefficient (Wildman–Crippen LogP) is 4.87. The van der Waals surface area contributed by atoms with E-state index >= 15 is 0 Å². The second kappa shape index (κ2) is 7.56. The lowest BCUT2D eigenvalue weighted by molar-refractivity contribution is 0.0465. The molecule has 0 aliphatic heterocycles. The highest BCUT2D eigenvalue weighted by Gasteiger charge is 2.18. The molecule has 0 unspecified atom stereocenters. The summed E-state index contributed by atoms with van der Waals surface area (Å²) in [5.41, 5.74) is 4.94.